The van der Waals surface area contributed by atoms with E-state index in [1.54, 1.807) is 0 Å². The molecule has 0 amide bonds. The smallest absolute Gasteiger partial charge is 0.306 e. The Balaban J connectivity index is 4.34. The van der Waals surface area contributed by atoms with Gasteiger partial charge < -0.3 is 14.2 Å². The molecular weight excluding hydrogens is 997 g/mol. The quantitative estimate of drug-likeness (QED) is 0.0261. The lowest BCUT2D eigenvalue weighted by molar-refractivity contribution is -0.167. The average Bonchev–Trinajstić information content (AvgIpc) is 3.46. The lowest BCUT2D eigenvalue weighted by atomic mass is 10.0. The van der Waals surface area contributed by atoms with Gasteiger partial charge in [-0.2, -0.15) is 0 Å². The van der Waals surface area contributed by atoms with E-state index in [2.05, 4.69) is 142 Å². The molecule has 0 bridgehead atoms. The van der Waals surface area contributed by atoms with Gasteiger partial charge in [-0.05, 0) is 128 Å². The van der Waals surface area contributed by atoms with Crippen molar-refractivity contribution >= 4 is 17.9 Å². The first-order valence-corrected chi connectivity index (χ1v) is 34.0. The SMILES string of the molecule is CC/C=C\C/C=C\C/C=C\C/C=C\C/C=C\C/C=C\CCCCCCC(=O)OC(COC(=O)CCCCC/C=C\C/C=C\C/C=C\CC)COC(=O)CCCCCCCCCCCCCCCCC/C=C\CCCCCCCCCC. The first-order chi connectivity index (χ1) is 40.0. The molecule has 0 spiro atoms. The molecule has 6 heteroatoms. The van der Waals surface area contributed by atoms with E-state index < -0.39 is 6.10 Å². The van der Waals surface area contributed by atoms with Crippen molar-refractivity contribution in [2.75, 3.05) is 13.2 Å². The van der Waals surface area contributed by atoms with Crippen LogP contribution in [0, 0.1) is 0 Å². The Bertz CT molecular complexity index is 1670. The Kier molecular flexibility index (Phi) is 64.8. The second-order valence-corrected chi connectivity index (χ2v) is 22.3. The van der Waals surface area contributed by atoms with Gasteiger partial charge in [-0.3, -0.25) is 14.4 Å². The number of hydrogen-bond acceptors (Lipinski definition) is 6. The summed E-state index contributed by atoms with van der Waals surface area (Å²) in [5.41, 5.74) is 0. The zero-order valence-corrected chi connectivity index (χ0v) is 53.0. The summed E-state index contributed by atoms with van der Waals surface area (Å²) in [6.07, 6.45) is 95.1. The van der Waals surface area contributed by atoms with Crippen LogP contribution in [0.15, 0.2) is 122 Å². The van der Waals surface area contributed by atoms with Gasteiger partial charge in [0.05, 0.1) is 0 Å². The topological polar surface area (TPSA) is 78.9 Å². The largest absolute Gasteiger partial charge is 0.462 e. The summed E-state index contributed by atoms with van der Waals surface area (Å²) in [5.74, 6) is -0.948. The van der Waals surface area contributed by atoms with Crippen molar-refractivity contribution in [3.05, 3.63) is 122 Å². The molecule has 0 radical (unpaired) electrons. The van der Waals surface area contributed by atoms with Crippen molar-refractivity contribution in [2.45, 2.75) is 322 Å². The van der Waals surface area contributed by atoms with Crippen LogP contribution in [-0.4, -0.2) is 37.2 Å². The minimum atomic E-state index is -0.808. The van der Waals surface area contributed by atoms with Gasteiger partial charge in [0.15, 0.2) is 6.10 Å². The molecule has 0 aliphatic heterocycles. The highest BCUT2D eigenvalue weighted by Gasteiger charge is 2.19. The Morgan fingerprint density at radius 1 is 0.259 bits per heavy atom. The fraction of sp³-hybridized carbons (Fsp3) is 0.693. The Labute approximate surface area is 501 Å². The number of carbonyl (C=O) groups is 3. The van der Waals surface area contributed by atoms with Gasteiger partial charge >= 0.3 is 17.9 Å². The van der Waals surface area contributed by atoms with E-state index in [1.807, 2.05) is 0 Å². The van der Waals surface area contributed by atoms with E-state index in [9.17, 15) is 14.4 Å². The van der Waals surface area contributed by atoms with Crippen molar-refractivity contribution in [3.63, 3.8) is 0 Å². The van der Waals surface area contributed by atoms with Crippen LogP contribution in [0.1, 0.15) is 316 Å². The molecule has 1 atom stereocenters. The van der Waals surface area contributed by atoms with Crippen LogP contribution in [-0.2, 0) is 28.6 Å². The minimum absolute atomic E-state index is 0.0991. The van der Waals surface area contributed by atoms with Crippen molar-refractivity contribution in [3.8, 4) is 0 Å². The number of carbonyl (C=O) groups excluding carboxylic acids is 3. The van der Waals surface area contributed by atoms with Crippen LogP contribution in [0.2, 0.25) is 0 Å². The molecule has 0 fully saturated rings. The number of allylic oxidation sites excluding steroid dienone is 20. The van der Waals surface area contributed by atoms with Gasteiger partial charge in [-0.1, -0.05) is 290 Å². The van der Waals surface area contributed by atoms with Gasteiger partial charge in [0.1, 0.15) is 13.2 Å². The van der Waals surface area contributed by atoms with Gasteiger partial charge in [0, 0.05) is 19.3 Å². The molecule has 0 heterocycles. The van der Waals surface area contributed by atoms with Crippen LogP contribution < -0.4 is 0 Å². The van der Waals surface area contributed by atoms with E-state index in [0.717, 1.165) is 135 Å². The third kappa shape index (κ3) is 66.5. The first-order valence-electron chi connectivity index (χ1n) is 34.0. The third-order valence-corrected chi connectivity index (χ3v) is 14.4. The first kappa shape index (κ1) is 76.8. The van der Waals surface area contributed by atoms with Crippen LogP contribution in [0.3, 0.4) is 0 Å². The predicted molar refractivity (Wildman–Crippen MR) is 353 cm³/mol. The fourth-order valence-electron chi connectivity index (χ4n) is 9.40. The summed E-state index contributed by atoms with van der Waals surface area (Å²) >= 11 is 0. The van der Waals surface area contributed by atoms with E-state index in [4.69, 9.17) is 14.2 Å². The van der Waals surface area contributed by atoms with E-state index in [1.165, 1.54) is 141 Å². The van der Waals surface area contributed by atoms with E-state index in [-0.39, 0.29) is 37.5 Å². The summed E-state index contributed by atoms with van der Waals surface area (Å²) in [7, 11) is 0. The van der Waals surface area contributed by atoms with Crippen molar-refractivity contribution in [1.29, 1.82) is 0 Å². The van der Waals surface area contributed by atoms with Crippen LogP contribution in [0.4, 0.5) is 0 Å². The number of ether oxygens (including phenoxy) is 3. The highest BCUT2D eigenvalue weighted by atomic mass is 16.6. The molecule has 1 unspecified atom stereocenters. The molecule has 0 aromatic heterocycles. The van der Waals surface area contributed by atoms with Crippen LogP contribution >= 0.6 is 0 Å². The molecule has 0 aliphatic carbocycles. The molecule has 0 N–H and O–H groups in total. The van der Waals surface area contributed by atoms with Crippen molar-refractivity contribution < 1.29 is 28.6 Å². The summed E-state index contributed by atoms with van der Waals surface area (Å²) in [6, 6.07) is 0. The summed E-state index contributed by atoms with van der Waals surface area (Å²) < 4.78 is 16.9. The van der Waals surface area contributed by atoms with Gasteiger partial charge in [-0.15, -0.1) is 0 Å². The molecule has 0 aliphatic rings. The predicted octanol–water partition coefficient (Wildman–Crippen LogP) is 23.6. The standard InChI is InChI=1S/C75H126O6/c1-4-7-10-13-16-19-22-25-27-29-31-33-35-36-37-38-40-41-43-45-47-50-53-56-59-62-65-68-74(77)80-71-72(70-79-73(76)67-64-61-58-55-52-49-24-21-18-15-12-9-6-3)81-75(78)69-66-63-60-57-54-51-48-46-44-42-39-34-32-30-28-26-23-20-17-14-11-8-5-2/h8-9,11-12,17-18,20-21,26,28-29,31-32,34,42,44,48-49,51-52,72H,4-7,10,13-16,19,22-25,27,30,33,35-41,43,45-47,50,53-71H2,1-3H3/b11-8-,12-9-,20-17-,21-18-,28-26-,31-29-,34-32-,44-42-,51-48-,52-49-. The monoisotopic (exact) mass is 1120 g/mol. The Morgan fingerprint density at radius 3 is 0.778 bits per heavy atom. The molecule has 462 valence electrons. The van der Waals surface area contributed by atoms with Crippen molar-refractivity contribution in [1.82, 2.24) is 0 Å². The maximum absolute atomic E-state index is 12.9. The van der Waals surface area contributed by atoms with E-state index in [0.29, 0.717) is 12.8 Å². The zero-order valence-electron chi connectivity index (χ0n) is 53.0. The number of esters is 3. The van der Waals surface area contributed by atoms with Crippen LogP contribution in [0.5, 0.6) is 0 Å². The highest BCUT2D eigenvalue weighted by Crippen LogP contribution is 2.16. The molecule has 0 rings (SSSR count). The minimum Gasteiger partial charge on any atom is -0.462 e. The van der Waals surface area contributed by atoms with Crippen LogP contribution in [0.25, 0.3) is 0 Å². The Hall–Kier alpha value is -4.19. The maximum atomic E-state index is 12.9. The van der Waals surface area contributed by atoms with Gasteiger partial charge in [0.25, 0.3) is 0 Å². The normalized spacial score (nSPS) is 12.9. The second kappa shape index (κ2) is 68.3. The molecule has 0 aromatic rings. The van der Waals surface area contributed by atoms with Gasteiger partial charge in [-0.25, -0.2) is 0 Å². The fourth-order valence-corrected chi connectivity index (χ4v) is 9.40. The molecule has 0 aromatic carbocycles. The molecule has 0 saturated heterocycles. The lowest BCUT2D eigenvalue weighted by Crippen LogP contribution is -2.30. The summed E-state index contributed by atoms with van der Waals surface area (Å²) in [5, 5.41) is 0. The van der Waals surface area contributed by atoms with Crippen molar-refractivity contribution in [2.24, 2.45) is 0 Å². The highest BCUT2D eigenvalue weighted by molar-refractivity contribution is 5.71. The number of rotatable bonds is 61. The van der Waals surface area contributed by atoms with Gasteiger partial charge in [0.2, 0.25) is 0 Å². The van der Waals surface area contributed by atoms with E-state index >= 15 is 0 Å². The summed E-state index contributed by atoms with van der Waals surface area (Å²) in [4.78, 5) is 38.4. The number of hydrogen-bond donors (Lipinski definition) is 0. The molecular formula is C75H126O6. The molecule has 81 heavy (non-hydrogen) atoms. The zero-order chi connectivity index (χ0) is 58.5. The Morgan fingerprint density at radius 2 is 0.481 bits per heavy atom. The average molecular weight is 1120 g/mol. The maximum Gasteiger partial charge on any atom is 0.306 e. The lowest BCUT2D eigenvalue weighted by Gasteiger charge is -2.18. The second-order valence-electron chi connectivity index (χ2n) is 22.3. The molecule has 0 saturated carbocycles. The number of unbranched alkanes of at least 4 members (excludes halogenated alkanes) is 30. The molecule has 6 nitrogen and oxygen atoms in total. The third-order valence-electron chi connectivity index (χ3n) is 14.4. The summed E-state index contributed by atoms with van der Waals surface area (Å²) in [6.45, 7) is 6.39.